The third-order valence-electron chi connectivity index (χ3n) is 2.44. The molecule has 0 aromatic rings. The molecule has 0 aromatic heterocycles. The first-order chi connectivity index (χ1) is 6.39. The minimum Gasteiger partial charge on any atom is -0.302 e. The highest BCUT2D eigenvalue weighted by atomic mass is 32.2. The molecule has 14 heavy (non-hydrogen) atoms. The zero-order valence-corrected chi connectivity index (χ0v) is 9.81. The minimum atomic E-state index is -2.72. The second-order valence-corrected chi connectivity index (χ2v) is 6.65. The van der Waals surface area contributed by atoms with Crippen molar-refractivity contribution in [2.24, 2.45) is 5.92 Å². The van der Waals surface area contributed by atoms with Crippen LogP contribution in [0.4, 0.5) is 0 Å². The molecular formula is C10H19NO2S. The first-order valence-electron chi connectivity index (χ1n) is 4.92. The molecule has 1 aliphatic rings. The maximum atomic E-state index is 11.2. The Balaban J connectivity index is 2.36. The van der Waals surface area contributed by atoms with E-state index in [0.717, 1.165) is 25.1 Å². The van der Waals surface area contributed by atoms with E-state index < -0.39 is 9.84 Å². The second kappa shape index (κ2) is 4.45. The van der Waals surface area contributed by atoms with Gasteiger partial charge in [-0.1, -0.05) is 12.2 Å². The lowest BCUT2D eigenvalue weighted by Gasteiger charge is -2.19. The van der Waals surface area contributed by atoms with Crippen molar-refractivity contribution in [3.63, 3.8) is 0 Å². The average Bonchev–Trinajstić information content (AvgIpc) is 2.27. The van der Waals surface area contributed by atoms with Gasteiger partial charge in [-0.15, -0.1) is 0 Å². The summed E-state index contributed by atoms with van der Waals surface area (Å²) in [5.41, 5.74) is 1.12. The van der Waals surface area contributed by atoms with Crippen molar-refractivity contribution in [3.8, 4) is 0 Å². The predicted molar refractivity (Wildman–Crippen MR) is 59.1 cm³/mol. The van der Waals surface area contributed by atoms with Crippen molar-refractivity contribution in [3.05, 3.63) is 12.2 Å². The molecule has 0 aliphatic carbocycles. The summed E-state index contributed by atoms with van der Waals surface area (Å²) in [7, 11) is -0.705. The molecule has 1 heterocycles. The Morgan fingerprint density at radius 1 is 1.57 bits per heavy atom. The van der Waals surface area contributed by atoms with Crippen LogP contribution in [0.25, 0.3) is 0 Å². The number of nitrogens with zero attached hydrogens (tertiary/aromatic N) is 1. The van der Waals surface area contributed by atoms with Crippen LogP contribution in [0.5, 0.6) is 0 Å². The fourth-order valence-electron chi connectivity index (χ4n) is 1.98. The standard InChI is InChI=1S/C10H19NO2S/c1-9(2)6-11(3)7-10-4-5-14(12,13)8-10/h10H,1,4-8H2,2-3H3/t10-/m1/s1. The predicted octanol–water partition coefficient (Wildman–Crippen LogP) is 0.929. The summed E-state index contributed by atoms with van der Waals surface area (Å²) in [6.45, 7) is 7.55. The molecule has 0 N–H and O–H groups in total. The van der Waals surface area contributed by atoms with Crippen LogP contribution < -0.4 is 0 Å². The Labute approximate surface area is 86.7 Å². The van der Waals surface area contributed by atoms with E-state index in [1.165, 1.54) is 0 Å². The molecule has 0 saturated carbocycles. The monoisotopic (exact) mass is 217 g/mol. The molecule has 0 spiro atoms. The van der Waals surface area contributed by atoms with Gasteiger partial charge in [-0.05, 0) is 26.3 Å². The molecular weight excluding hydrogens is 198 g/mol. The molecule has 1 saturated heterocycles. The normalized spacial score (nSPS) is 25.5. The van der Waals surface area contributed by atoms with Crippen LogP contribution in [-0.2, 0) is 9.84 Å². The molecule has 1 atom stereocenters. The molecule has 1 aliphatic heterocycles. The van der Waals surface area contributed by atoms with E-state index in [0.29, 0.717) is 17.4 Å². The van der Waals surface area contributed by atoms with Crippen LogP contribution in [0.3, 0.4) is 0 Å². The molecule has 0 unspecified atom stereocenters. The van der Waals surface area contributed by atoms with Gasteiger partial charge in [-0.2, -0.15) is 0 Å². The van der Waals surface area contributed by atoms with Crippen LogP contribution in [0.1, 0.15) is 13.3 Å². The van der Waals surface area contributed by atoms with Gasteiger partial charge in [0.1, 0.15) is 0 Å². The fraction of sp³-hybridized carbons (Fsp3) is 0.800. The van der Waals surface area contributed by atoms with Gasteiger partial charge in [-0.25, -0.2) is 8.42 Å². The summed E-state index contributed by atoms with van der Waals surface area (Å²) >= 11 is 0. The lowest BCUT2D eigenvalue weighted by atomic mass is 10.1. The number of likely N-dealkylation sites (N-methyl/N-ethyl adjacent to an activating group) is 1. The second-order valence-electron chi connectivity index (χ2n) is 4.42. The van der Waals surface area contributed by atoms with E-state index >= 15 is 0 Å². The zero-order chi connectivity index (χ0) is 10.8. The van der Waals surface area contributed by atoms with Crippen molar-refractivity contribution in [1.82, 2.24) is 4.90 Å². The highest BCUT2D eigenvalue weighted by molar-refractivity contribution is 7.91. The Hall–Kier alpha value is -0.350. The molecule has 82 valence electrons. The van der Waals surface area contributed by atoms with Gasteiger partial charge >= 0.3 is 0 Å². The maximum Gasteiger partial charge on any atom is 0.150 e. The van der Waals surface area contributed by atoms with E-state index in [2.05, 4.69) is 11.5 Å². The van der Waals surface area contributed by atoms with Gasteiger partial charge < -0.3 is 4.90 Å². The van der Waals surface area contributed by atoms with Crippen molar-refractivity contribution >= 4 is 9.84 Å². The molecule has 1 rings (SSSR count). The van der Waals surface area contributed by atoms with E-state index in [1.807, 2.05) is 14.0 Å². The SMILES string of the molecule is C=C(C)CN(C)C[C@H]1CCS(=O)(=O)C1. The van der Waals surface area contributed by atoms with Gasteiger partial charge in [-0.3, -0.25) is 0 Å². The summed E-state index contributed by atoms with van der Waals surface area (Å²) in [5.74, 6) is 1.07. The van der Waals surface area contributed by atoms with Crippen molar-refractivity contribution in [2.75, 3.05) is 31.6 Å². The Bertz CT molecular complexity index is 308. The number of hydrogen-bond acceptors (Lipinski definition) is 3. The van der Waals surface area contributed by atoms with Crippen molar-refractivity contribution < 1.29 is 8.42 Å². The number of rotatable bonds is 4. The summed E-state index contributed by atoms with van der Waals surface area (Å²) < 4.78 is 22.4. The molecule has 1 fully saturated rings. The molecule has 4 heteroatoms. The summed E-state index contributed by atoms with van der Waals surface area (Å²) in [4.78, 5) is 2.15. The van der Waals surface area contributed by atoms with E-state index in [4.69, 9.17) is 0 Å². The first-order valence-corrected chi connectivity index (χ1v) is 6.74. The van der Waals surface area contributed by atoms with Gasteiger partial charge in [0, 0.05) is 13.1 Å². The summed E-state index contributed by atoms with van der Waals surface area (Å²) in [6, 6.07) is 0. The molecule has 3 nitrogen and oxygen atoms in total. The maximum absolute atomic E-state index is 11.2. The highest BCUT2D eigenvalue weighted by Gasteiger charge is 2.28. The van der Waals surface area contributed by atoms with Gasteiger partial charge in [0.2, 0.25) is 0 Å². The molecule has 0 bridgehead atoms. The van der Waals surface area contributed by atoms with Crippen LogP contribution in [0, 0.1) is 5.92 Å². The third-order valence-corrected chi connectivity index (χ3v) is 4.27. The largest absolute Gasteiger partial charge is 0.302 e. The quantitative estimate of drug-likeness (QED) is 0.657. The van der Waals surface area contributed by atoms with Gasteiger partial charge in [0.15, 0.2) is 9.84 Å². The lowest BCUT2D eigenvalue weighted by Crippen LogP contribution is -2.27. The zero-order valence-electron chi connectivity index (χ0n) is 8.99. The molecule has 0 amide bonds. The Morgan fingerprint density at radius 2 is 2.21 bits per heavy atom. The van der Waals surface area contributed by atoms with Crippen LogP contribution in [-0.4, -0.2) is 45.0 Å². The summed E-state index contributed by atoms with van der Waals surface area (Å²) in [5, 5.41) is 0. The fourth-order valence-corrected chi connectivity index (χ4v) is 3.83. The summed E-state index contributed by atoms with van der Waals surface area (Å²) in [6.07, 6.45) is 0.822. The van der Waals surface area contributed by atoms with E-state index in [9.17, 15) is 8.42 Å². The Morgan fingerprint density at radius 3 is 2.64 bits per heavy atom. The van der Waals surface area contributed by atoms with Gasteiger partial charge in [0.05, 0.1) is 11.5 Å². The van der Waals surface area contributed by atoms with Crippen LogP contribution in [0.2, 0.25) is 0 Å². The minimum absolute atomic E-state index is 0.323. The average molecular weight is 217 g/mol. The Kier molecular flexibility index (Phi) is 3.72. The highest BCUT2D eigenvalue weighted by Crippen LogP contribution is 2.19. The molecule has 0 radical (unpaired) electrons. The number of sulfone groups is 1. The van der Waals surface area contributed by atoms with Crippen molar-refractivity contribution in [1.29, 1.82) is 0 Å². The van der Waals surface area contributed by atoms with E-state index in [1.54, 1.807) is 0 Å². The number of hydrogen-bond donors (Lipinski definition) is 0. The molecule has 0 aromatic carbocycles. The van der Waals surface area contributed by atoms with Crippen LogP contribution in [0.15, 0.2) is 12.2 Å². The topological polar surface area (TPSA) is 37.4 Å². The lowest BCUT2D eigenvalue weighted by molar-refractivity contribution is 0.310. The van der Waals surface area contributed by atoms with Crippen LogP contribution >= 0.6 is 0 Å². The smallest absolute Gasteiger partial charge is 0.150 e. The third kappa shape index (κ3) is 3.80. The van der Waals surface area contributed by atoms with Crippen molar-refractivity contribution in [2.45, 2.75) is 13.3 Å². The first kappa shape index (κ1) is 11.7. The van der Waals surface area contributed by atoms with Gasteiger partial charge in [0.25, 0.3) is 0 Å². The van der Waals surface area contributed by atoms with E-state index in [-0.39, 0.29) is 0 Å².